The minimum atomic E-state index is -0.334. The zero-order chi connectivity index (χ0) is 25.1. The van der Waals surface area contributed by atoms with E-state index >= 15 is 0 Å². The van der Waals surface area contributed by atoms with Crippen LogP contribution < -0.4 is 9.64 Å². The van der Waals surface area contributed by atoms with E-state index in [1.165, 1.54) is 0 Å². The smallest absolute Gasteiger partial charge is 0.162 e. The van der Waals surface area contributed by atoms with Gasteiger partial charge in [-0.1, -0.05) is 52.0 Å². The Morgan fingerprint density at radius 1 is 0.800 bits per heavy atom. The van der Waals surface area contributed by atoms with Crippen molar-refractivity contribution in [2.75, 3.05) is 12.0 Å². The minimum Gasteiger partial charge on any atom is -0.497 e. The lowest BCUT2D eigenvalue weighted by Gasteiger charge is -2.49. The fourth-order valence-electron chi connectivity index (χ4n) is 6.17. The minimum absolute atomic E-state index is 0.144. The maximum Gasteiger partial charge on any atom is 0.162 e. The van der Waals surface area contributed by atoms with E-state index < -0.39 is 0 Å². The number of carbonyl (C=O) groups is 2. The number of benzene rings is 2. The molecule has 1 heterocycles. The molecule has 4 heteroatoms. The zero-order valence-electron chi connectivity index (χ0n) is 21.7. The van der Waals surface area contributed by atoms with Gasteiger partial charge in [-0.3, -0.25) is 9.59 Å². The molecule has 0 spiro atoms. The molecule has 2 aromatic carbocycles. The van der Waals surface area contributed by atoms with E-state index in [0.29, 0.717) is 12.8 Å². The number of Topliss-reactive ketones (excluding diaryl/α,β-unsaturated/α-hetero) is 2. The summed E-state index contributed by atoms with van der Waals surface area (Å²) in [5.41, 5.74) is 6.59. The third kappa shape index (κ3) is 4.13. The maximum atomic E-state index is 13.9. The standard InChI is InChI=1S/C31H35NO3/c1-19-8-7-9-21(14-19)32-23-15-30(2,3)17-25(33)28(23)27(20-10-12-22(35-6)13-11-20)29-24(32)16-31(4,5)18-26(29)34/h7-14,27H,15-18H2,1-6H3. The first-order chi connectivity index (χ1) is 16.5. The Morgan fingerprint density at radius 2 is 1.34 bits per heavy atom. The summed E-state index contributed by atoms with van der Waals surface area (Å²) < 4.78 is 5.39. The van der Waals surface area contributed by atoms with Crippen LogP contribution >= 0.6 is 0 Å². The summed E-state index contributed by atoms with van der Waals surface area (Å²) in [4.78, 5) is 30.0. The number of allylic oxidation sites excluding steroid dienone is 4. The first-order valence-electron chi connectivity index (χ1n) is 12.5. The van der Waals surface area contributed by atoms with Crippen molar-refractivity contribution in [1.82, 2.24) is 0 Å². The van der Waals surface area contributed by atoms with Crippen molar-refractivity contribution in [1.29, 1.82) is 0 Å². The van der Waals surface area contributed by atoms with Gasteiger partial charge in [0.05, 0.1) is 7.11 Å². The molecule has 0 N–H and O–H groups in total. The summed E-state index contributed by atoms with van der Waals surface area (Å²) in [6.45, 7) is 10.8. The van der Waals surface area contributed by atoms with Crippen molar-refractivity contribution < 1.29 is 14.3 Å². The van der Waals surface area contributed by atoms with Crippen molar-refractivity contribution in [2.24, 2.45) is 10.8 Å². The average Bonchev–Trinajstić information content (AvgIpc) is 2.76. The van der Waals surface area contributed by atoms with Crippen molar-refractivity contribution in [3.05, 3.63) is 82.2 Å². The molecular weight excluding hydrogens is 434 g/mol. The van der Waals surface area contributed by atoms with Crippen LogP contribution in [0.5, 0.6) is 5.75 Å². The highest BCUT2D eigenvalue weighted by atomic mass is 16.5. The number of anilines is 1. The Morgan fingerprint density at radius 3 is 1.83 bits per heavy atom. The van der Waals surface area contributed by atoms with Gasteiger partial charge in [-0.2, -0.15) is 0 Å². The fraction of sp³-hybridized carbons (Fsp3) is 0.419. The van der Waals surface area contributed by atoms with Crippen LogP contribution in [0.4, 0.5) is 5.69 Å². The van der Waals surface area contributed by atoms with Crippen LogP contribution in [-0.4, -0.2) is 18.7 Å². The SMILES string of the molecule is COc1ccc(C2C3=C(CC(C)(C)CC3=O)N(c3cccc(C)c3)C3=C2C(=O)CC(C)(C)C3)cc1. The van der Waals surface area contributed by atoms with Crippen molar-refractivity contribution >= 4 is 17.3 Å². The highest BCUT2D eigenvalue weighted by Crippen LogP contribution is 2.55. The summed E-state index contributed by atoms with van der Waals surface area (Å²) in [7, 11) is 1.65. The second kappa shape index (κ2) is 8.22. The van der Waals surface area contributed by atoms with E-state index in [4.69, 9.17) is 4.74 Å². The van der Waals surface area contributed by atoms with Crippen molar-refractivity contribution in [3.8, 4) is 5.75 Å². The average molecular weight is 470 g/mol. The van der Waals surface area contributed by atoms with Crippen LogP contribution in [0.1, 0.15) is 70.4 Å². The van der Waals surface area contributed by atoms with Gasteiger partial charge < -0.3 is 9.64 Å². The molecule has 35 heavy (non-hydrogen) atoms. The predicted molar refractivity (Wildman–Crippen MR) is 139 cm³/mol. The number of nitrogens with zero attached hydrogens (tertiary/aromatic N) is 1. The van der Waals surface area contributed by atoms with Crippen LogP contribution in [0.15, 0.2) is 71.1 Å². The largest absolute Gasteiger partial charge is 0.497 e. The number of rotatable bonds is 3. The lowest BCUT2D eigenvalue weighted by Crippen LogP contribution is -2.44. The molecule has 1 aliphatic heterocycles. The first-order valence-corrected chi connectivity index (χ1v) is 12.5. The van der Waals surface area contributed by atoms with Crippen LogP contribution in [0.25, 0.3) is 0 Å². The summed E-state index contributed by atoms with van der Waals surface area (Å²) in [6.07, 6.45) is 2.56. The van der Waals surface area contributed by atoms with Gasteiger partial charge in [-0.25, -0.2) is 0 Å². The predicted octanol–water partition coefficient (Wildman–Crippen LogP) is 6.89. The molecule has 0 saturated carbocycles. The number of aryl methyl sites for hydroxylation is 1. The molecule has 0 unspecified atom stereocenters. The van der Waals surface area contributed by atoms with Gasteiger partial charge in [-0.05, 0) is 66.0 Å². The van der Waals surface area contributed by atoms with E-state index in [-0.39, 0.29) is 28.3 Å². The van der Waals surface area contributed by atoms with E-state index in [2.05, 4.69) is 63.8 Å². The van der Waals surface area contributed by atoms with Crippen molar-refractivity contribution in [3.63, 3.8) is 0 Å². The lowest BCUT2D eigenvalue weighted by molar-refractivity contribution is -0.119. The van der Waals surface area contributed by atoms with Gasteiger partial charge >= 0.3 is 0 Å². The molecule has 0 fully saturated rings. The van der Waals surface area contributed by atoms with Crippen LogP contribution in [0, 0.1) is 17.8 Å². The Labute approximate surface area is 208 Å². The topological polar surface area (TPSA) is 46.6 Å². The molecule has 0 amide bonds. The molecule has 182 valence electrons. The highest BCUT2D eigenvalue weighted by Gasteiger charge is 2.49. The van der Waals surface area contributed by atoms with Gasteiger partial charge in [0.2, 0.25) is 0 Å². The molecule has 4 nitrogen and oxygen atoms in total. The Balaban J connectivity index is 1.82. The number of hydrogen-bond acceptors (Lipinski definition) is 4. The number of hydrogen-bond donors (Lipinski definition) is 0. The Kier molecular flexibility index (Phi) is 5.54. The number of carbonyl (C=O) groups excluding carboxylic acids is 2. The zero-order valence-corrected chi connectivity index (χ0v) is 21.7. The Hall–Kier alpha value is -3.14. The van der Waals surface area contributed by atoms with Crippen molar-refractivity contribution in [2.45, 2.75) is 66.2 Å². The van der Waals surface area contributed by atoms with Gasteiger partial charge in [0.1, 0.15) is 5.75 Å². The fourth-order valence-corrected chi connectivity index (χ4v) is 6.17. The number of ketones is 2. The molecule has 3 aliphatic rings. The molecule has 0 saturated heterocycles. The van der Waals surface area contributed by atoms with E-state index in [0.717, 1.165) is 57.9 Å². The second-order valence-electron chi connectivity index (χ2n) is 12.0. The van der Waals surface area contributed by atoms with Gasteiger partial charge in [-0.15, -0.1) is 0 Å². The van der Waals surface area contributed by atoms with Gasteiger partial charge in [0.25, 0.3) is 0 Å². The van der Waals surface area contributed by atoms with E-state index in [9.17, 15) is 9.59 Å². The molecule has 0 bridgehead atoms. The quantitative estimate of drug-likeness (QED) is 0.491. The lowest BCUT2D eigenvalue weighted by atomic mass is 9.63. The summed E-state index contributed by atoms with van der Waals surface area (Å²) in [5, 5.41) is 0. The van der Waals surface area contributed by atoms with Crippen LogP contribution in [-0.2, 0) is 9.59 Å². The highest BCUT2D eigenvalue weighted by molar-refractivity contribution is 6.08. The summed E-state index contributed by atoms with van der Waals surface area (Å²) in [6, 6.07) is 16.3. The number of methoxy groups -OCH3 is 1. The maximum absolute atomic E-state index is 13.9. The van der Waals surface area contributed by atoms with E-state index in [1.54, 1.807) is 7.11 Å². The molecule has 0 aromatic heterocycles. The number of ether oxygens (including phenoxy) is 1. The monoisotopic (exact) mass is 469 g/mol. The third-order valence-electron chi connectivity index (χ3n) is 7.62. The molecular formula is C31H35NO3. The molecule has 2 aromatic rings. The van der Waals surface area contributed by atoms with Gasteiger partial charge in [0, 0.05) is 47.0 Å². The molecule has 2 aliphatic carbocycles. The first kappa shape index (κ1) is 23.6. The van der Waals surface area contributed by atoms with E-state index in [1.807, 2.05) is 24.3 Å². The van der Waals surface area contributed by atoms with Crippen LogP contribution in [0.3, 0.4) is 0 Å². The molecule has 0 radical (unpaired) electrons. The van der Waals surface area contributed by atoms with Gasteiger partial charge in [0.15, 0.2) is 11.6 Å². The third-order valence-corrected chi connectivity index (χ3v) is 7.62. The molecule has 5 rings (SSSR count). The van der Waals surface area contributed by atoms with Crippen LogP contribution in [0.2, 0.25) is 0 Å². The summed E-state index contributed by atoms with van der Waals surface area (Å²) in [5.74, 6) is 0.735. The Bertz CT molecular complexity index is 1220. The normalized spacial score (nSPS) is 21.7. The second-order valence-corrected chi connectivity index (χ2v) is 12.0. The molecule has 0 atom stereocenters. The summed E-state index contributed by atoms with van der Waals surface area (Å²) >= 11 is 0.